The van der Waals surface area contributed by atoms with Crippen LogP contribution in [0.15, 0.2) is 12.1 Å². The first kappa shape index (κ1) is 13.1. The minimum atomic E-state index is -1.41. The molecule has 0 amide bonds. The van der Waals surface area contributed by atoms with E-state index in [1.165, 1.54) is 26.0 Å². The predicted octanol–water partition coefficient (Wildman–Crippen LogP) is 3.53. The van der Waals surface area contributed by atoms with E-state index in [0.29, 0.717) is 0 Å². The van der Waals surface area contributed by atoms with E-state index in [9.17, 15) is 13.9 Å². The molecule has 0 saturated carbocycles. The number of benzene rings is 1. The van der Waals surface area contributed by atoms with Crippen molar-refractivity contribution in [3.05, 3.63) is 34.9 Å². The average Bonchev–Trinajstić information content (AvgIpc) is 2.12. The minimum Gasteiger partial charge on any atom is -0.385 e. The summed E-state index contributed by atoms with van der Waals surface area (Å²) < 4.78 is 27.2. The largest absolute Gasteiger partial charge is 0.385 e. The van der Waals surface area contributed by atoms with E-state index in [1.54, 1.807) is 20.8 Å². The quantitative estimate of drug-likeness (QED) is 0.779. The molecule has 1 unspecified atom stereocenters. The van der Waals surface area contributed by atoms with Gasteiger partial charge in [-0.3, -0.25) is 0 Å². The van der Waals surface area contributed by atoms with Crippen LogP contribution in [0.2, 0.25) is 0 Å². The van der Waals surface area contributed by atoms with Gasteiger partial charge in [0.1, 0.15) is 0 Å². The van der Waals surface area contributed by atoms with Crippen LogP contribution in [0.3, 0.4) is 0 Å². The van der Waals surface area contributed by atoms with Crippen molar-refractivity contribution in [2.75, 3.05) is 0 Å². The number of aryl methyl sites for hydroxylation is 1. The van der Waals surface area contributed by atoms with Crippen molar-refractivity contribution in [3.8, 4) is 0 Å². The SMILES string of the molecule is Cc1ccc(C(C)(O)C(C)(C)C)c(F)c1F. The molecule has 0 fully saturated rings. The smallest absolute Gasteiger partial charge is 0.165 e. The van der Waals surface area contributed by atoms with Crippen molar-refractivity contribution in [1.82, 2.24) is 0 Å². The van der Waals surface area contributed by atoms with E-state index in [0.717, 1.165) is 0 Å². The van der Waals surface area contributed by atoms with Gasteiger partial charge in [-0.2, -0.15) is 0 Å². The van der Waals surface area contributed by atoms with Gasteiger partial charge in [-0.05, 0) is 24.8 Å². The molecule has 0 aromatic heterocycles. The molecule has 1 atom stereocenters. The molecule has 3 heteroatoms. The van der Waals surface area contributed by atoms with Crippen molar-refractivity contribution in [2.24, 2.45) is 5.41 Å². The third-order valence-corrected chi connectivity index (χ3v) is 3.26. The maximum Gasteiger partial charge on any atom is 0.165 e. The highest BCUT2D eigenvalue weighted by Gasteiger charge is 2.39. The fourth-order valence-electron chi connectivity index (χ4n) is 1.43. The maximum absolute atomic E-state index is 13.8. The van der Waals surface area contributed by atoms with E-state index >= 15 is 0 Å². The molecule has 16 heavy (non-hydrogen) atoms. The summed E-state index contributed by atoms with van der Waals surface area (Å²) in [5, 5.41) is 10.3. The highest BCUT2D eigenvalue weighted by molar-refractivity contribution is 5.30. The fourth-order valence-corrected chi connectivity index (χ4v) is 1.43. The Morgan fingerprint density at radius 1 is 1.00 bits per heavy atom. The standard InChI is InChI=1S/C13H18F2O/c1-8-6-7-9(11(15)10(8)14)13(5,16)12(2,3)4/h6-7,16H,1-5H3. The van der Waals surface area contributed by atoms with Crippen molar-refractivity contribution in [3.63, 3.8) is 0 Å². The van der Waals surface area contributed by atoms with Gasteiger partial charge in [0.2, 0.25) is 0 Å². The Morgan fingerprint density at radius 2 is 1.50 bits per heavy atom. The average molecular weight is 228 g/mol. The first-order chi connectivity index (χ1) is 7.09. The summed E-state index contributed by atoms with van der Waals surface area (Å²) in [5.74, 6) is -1.85. The Kier molecular flexibility index (Phi) is 3.12. The molecule has 0 heterocycles. The second-order valence-corrected chi connectivity index (χ2v) is 5.38. The summed E-state index contributed by atoms with van der Waals surface area (Å²) in [6.45, 7) is 8.34. The second kappa shape index (κ2) is 3.81. The zero-order valence-electron chi connectivity index (χ0n) is 10.4. The van der Waals surface area contributed by atoms with Crippen LogP contribution in [0, 0.1) is 24.0 Å². The van der Waals surface area contributed by atoms with Crippen LogP contribution < -0.4 is 0 Å². The van der Waals surface area contributed by atoms with Crippen LogP contribution in [0.25, 0.3) is 0 Å². The fraction of sp³-hybridized carbons (Fsp3) is 0.538. The van der Waals surface area contributed by atoms with Crippen molar-refractivity contribution >= 4 is 0 Å². The molecule has 1 N–H and O–H groups in total. The molecule has 0 radical (unpaired) electrons. The summed E-state index contributed by atoms with van der Waals surface area (Å²) in [6, 6.07) is 2.92. The zero-order valence-corrected chi connectivity index (χ0v) is 10.4. The van der Waals surface area contributed by atoms with Crippen LogP contribution in [0.5, 0.6) is 0 Å². The summed E-state index contributed by atoms with van der Waals surface area (Å²) in [6.07, 6.45) is 0. The Morgan fingerprint density at radius 3 is 1.94 bits per heavy atom. The lowest BCUT2D eigenvalue weighted by molar-refractivity contribution is -0.0501. The summed E-state index contributed by atoms with van der Waals surface area (Å²) in [7, 11) is 0. The number of hydrogen-bond acceptors (Lipinski definition) is 1. The van der Waals surface area contributed by atoms with E-state index in [2.05, 4.69) is 0 Å². The van der Waals surface area contributed by atoms with Gasteiger partial charge in [0.05, 0.1) is 5.60 Å². The van der Waals surface area contributed by atoms with Crippen molar-refractivity contribution in [1.29, 1.82) is 0 Å². The molecular formula is C13H18F2O. The molecule has 1 aromatic carbocycles. The van der Waals surface area contributed by atoms with Crippen LogP contribution >= 0.6 is 0 Å². The molecule has 0 aliphatic rings. The van der Waals surface area contributed by atoms with Crippen molar-refractivity contribution in [2.45, 2.75) is 40.2 Å². The Labute approximate surface area is 95.1 Å². The molecule has 0 bridgehead atoms. The molecular weight excluding hydrogens is 210 g/mol. The highest BCUT2D eigenvalue weighted by Crippen LogP contribution is 2.40. The third kappa shape index (κ3) is 1.96. The summed E-state index contributed by atoms with van der Waals surface area (Å²) in [5.41, 5.74) is -1.74. The first-order valence-corrected chi connectivity index (χ1v) is 5.26. The number of halogens is 2. The first-order valence-electron chi connectivity index (χ1n) is 5.26. The normalized spacial score (nSPS) is 16.0. The van der Waals surface area contributed by atoms with Crippen LogP contribution in [0.4, 0.5) is 8.78 Å². The third-order valence-electron chi connectivity index (χ3n) is 3.26. The van der Waals surface area contributed by atoms with Gasteiger partial charge < -0.3 is 5.11 Å². The van der Waals surface area contributed by atoms with E-state index < -0.39 is 22.7 Å². The van der Waals surface area contributed by atoms with Gasteiger partial charge in [0.25, 0.3) is 0 Å². The Hall–Kier alpha value is -0.960. The highest BCUT2D eigenvalue weighted by atomic mass is 19.2. The molecule has 0 saturated heterocycles. The van der Waals surface area contributed by atoms with Crippen LogP contribution in [0.1, 0.15) is 38.8 Å². The zero-order chi connectivity index (χ0) is 12.7. The molecule has 90 valence electrons. The van der Waals surface area contributed by atoms with Crippen LogP contribution in [-0.4, -0.2) is 5.11 Å². The number of rotatable bonds is 1. The Bertz CT molecular complexity index is 403. The minimum absolute atomic E-state index is 0.00287. The monoisotopic (exact) mass is 228 g/mol. The van der Waals surface area contributed by atoms with Gasteiger partial charge in [-0.15, -0.1) is 0 Å². The molecule has 1 rings (SSSR count). The van der Waals surface area contributed by atoms with Crippen molar-refractivity contribution < 1.29 is 13.9 Å². The second-order valence-electron chi connectivity index (χ2n) is 5.38. The topological polar surface area (TPSA) is 20.2 Å². The lowest BCUT2D eigenvalue weighted by atomic mass is 9.73. The summed E-state index contributed by atoms with van der Waals surface area (Å²) in [4.78, 5) is 0. The molecule has 0 aliphatic carbocycles. The lowest BCUT2D eigenvalue weighted by Crippen LogP contribution is -2.38. The van der Waals surface area contributed by atoms with E-state index in [-0.39, 0.29) is 11.1 Å². The van der Waals surface area contributed by atoms with Gasteiger partial charge >= 0.3 is 0 Å². The lowest BCUT2D eigenvalue weighted by Gasteiger charge is -2.37. The molecule has 1 aromatic rings. The molecule has 0 aliphatic heterocycles. The summed E-state index contributed by atoms with van der Waals surface area (Å²) >= 11 is 0. The molecule has 0 spiro atoms. The molecule has 1 nitrogen and oxygen atoms in total. The van der Waals surface area contributed by atoms with Crippen LogP contribution in [-0.2, 0) is 5.60 Å². The van der Waals surface area contributed by atoms with E-state index in [1.807, 2.05) is 0 Å². The van der Waals surface area contributed by atoms with E-state index in [4.69, 9.17) is 0 Å². The van der Waals surface area contributed by atoms with Gasteiger partial charge in [-0.25, -0.2) is 8.78 Å². The maximum atomic E-state index is 13.8. The van der Waals surface area contributed by atoms with Gasteiger partial charge in [0, 0.05) is 5.56 Å². The predicted molar refractivity (Wildman–Crippen MR) is 60.1 cm³/mol. The van der Waals surface area contributed by atoms with Gasteiger partial charge in [0.15, 0.2) is 11.6 Å². The van der Waals surface area contributed by atoms with Gasteiger partial charge in [-0.1, -0.05) is 32.9 Å². The number of aliphatic hydroxyl groups is 1. The number of hydrogen-bond donors (Lipinski definition) is 1. The Balaban J connectivity index is 3.41.